The molecule has 0 unspecified atom stereocenters. The zero-order chi connectivity index (χ0) is 27.4. The van der Waals surface area contributed by atoms with Gasteiger partial charge in [-0.15, -0.1) is 5.10 Å². The number of primary amides is 1. The number of fused-ring (bicyclic) bond motifs is 2. The van der Waals surface area contributed by atoms with Gasteiger partial charge in [0.05, 0.1) is 28.5 Å². The van der Waals surface area contributed by atoms with E-state index in [9.17, 15) is 4.79 Å². The number of nitrogens with one attached hydrogen (secondary N) is 1. The fourth-order valence-electron chi connectivity index (χ4n) is 4.36. The summed E-state index contributed by atoms with van der Waals surface area (Å²) in [4.78, 5) is 16.0. The van der Waals surface area contributed by atoms with E-state index < -0.39 is 5.91 Å². The van der Waals surface area contributed by atoms with Gasteiger partial charge in [0.15, 0.2) is 5.82 Å². The molecule has 0 atom stereocenters. The Morgan fingerprint density at radius 3 is 2.67 bits per heavy atom. The summed E-state index contributed by atoms with van der Waals surface area (Å²) in [5, 5.41) is 12.2. The van der Waals surface area contributed by atoms with Crippen LogP contribution in [0, 0.1) is 11.8 Å². The minimum atomic E-state index is -0.568. The Bertz CT molecular complexity index is 1750. The average molecular weight is 517 g/mol. The Hall–Kier alpha value is -5.36. The summed E-state index contributed by atoms with van der Waals surface area (Å²) >= 11 is 0. The number of hydrogen-bond acceptors (Lipinski definition) is 6. The monoisotopic (exact) mass is 516 g/mol. The van der Waals surface area contributed by atoms with Crippen molar-refractivity contribution in [2.75, 3.05) is 17.6 Å². The number of carbonyl (C=O) groups excluding carboxylic acids is 1. The van der Waals surface area contributed by atoms with Gasteiger partial charge in [0, 0.05) is 36.9 Å². The van der Waals surface area contributed by atoms with Crippen molar-refractivity contribution in [1.29, 1.82) is 0 Å². The molecule has 39 heavy (non-hydrogen) atoms. The molecule has 194 valence electrons. The van der Waals surface area contributed by atoms with Crippen LogP contribution in [-0.4, -0.2) is 37.0 Å². The second-order valence-corrected chi connectivity index (χ2v) is 8.93. The molecule has 4 heterocycles. The van der Waals surface area contributed by atoms with Gasteiger partial charge in [0.25, 0.3) is 5.91 Å². The van der Waals surface area contributed by atoms with Gasteiger partial charge in [0.1, 0.15) is 11.4 Å². The molecule has 0 saturated carbocycles. The number of nitrogens with zero attached hydrogens (tertiary/aromatic N) is 5. The number of nitrogens with two attached hydrogens (primary N) is 2. The van der Waals surface area contributed by atoms with E-state index >= 15 is 0 Å². The summed E-state index contributed by atoms with van der Waals surface area (Å²) < 4.78 is 3.26. The molecule has 6 rings (SSSR count). The van der Waals surface area contributed by atoms with Crippen molar-refractivity contribution in [3.8, 4) is 23.1 Å². The van der Waals surface area contributed by atoms with E-state index in [2.05, 4.69) is 70.7 Å². The molecule has 0 fully saturated rings. The first-order valence-electron chi connectivity index (χ1n) is 12.5. The first kappa shape index (κ1) is 25.3. The Morgan fingerprint density at radius 1 is 1.13 bits per heavy atom. The summed E-state index contributed by atoms with van der Waals surface area (Å²) in [6, 6.07) is 18.8. The molecule has 0 saturated heterocycles. The first-order chi connectivity index (χ1) is 18.9. The molecule has 5 aromatic rings. The summed E-state index contributed by atoms with van der Waals surface area (Å²) in [7, 11) is 1.89. The van der Waals surface area contributed by atoms with Gasteiger partial charge >= 0.3 is 0 Å². The quantitative estimate of drug-likeness (QED) is 0.310. The van der Waals surface area contributed by atoms with Crippen LogP contribution in [0.25, 0.3) is 28.4 Å². The SMILES string of the molecule is CCc1cc2cccc(C#Cc3cnn(C)c3)c2nc1-c1ccccc1.NC(=O)c1c(N)nn2c1NCC=C2. The fraction of sp³-hybridized carbons (Fsp3) is 0.133. The highest BCUT2D eigenvalue weighted by Gasteiger charge is 2.20. The van der Waals surface area contributed by atoms with Crippen molar-refractivity contribution in [3.05, 3.63) is 95.3 Å². The highest BCUT2D eigenvalue weighted by Crippen LogP contribution is 2.27. The Kier molecular flexibility index (Phi) is 7.10. The van der Waals surface area contributed by atoms with Crippen molar-refractivity contribution in [2.24, 2.45) is 12.8 Å². The van der Waals surface area contributed by atoms with Crippen LogP contribution in [0.15, 0.2) is 73.1 Å². The number of carbonyl (C=O) groups is 1. The van der Waals surface area contributed by atoms with Crippen molar-refractivity contribution in [1.82, 2.24) is 24.5 Å². The standard InChI is InChI=1S/C23H19N3.C7H9N5O/c1-3-18-14-21-11-7-10-20(13-12-17-15-24-26(2)16-17)23(21)25-22(18)19-8-5-4-6-9-19;8-5-4(6(9)13)7-10-2-1-3-12(7)11-5/h4-11,14-16H,3H2,1-2H3;1,3,10H,2H2,(H2,8,11)(H2,9,13). The van der Waals surface area contributed by atoms with Gasteiger partial charge in [-0.25, -0.2) is 9.67 Å². The zero-order valence-corrected chi connectivity index (χ0v) is 21.7. The van der Waals surface area contributed by atoms with E-state index in [1.807, 2.05) is 37.5 Å². The lowest BCUT2D eigenvalue weighted by Crippen LogP contribution is -2.17. The molecule has 1 aliphatic heterocycles. The highest BCUT2D eigenvalue weighted by atomic mass is 16.1. The number of hydrogen-bond donors (Lipinski definition) is 3. The van der Waals surface area contributed by atoms with Gasteiger partial charge in [-0.3, -0.25) is 9.48 Å². The van der Waals surface area contributed by atoms with E-state index in [1.165, 1.54) is 10.2 Å². The van der Waals surface area contributed by atoms with E-state index in [4.69, 9.17) is 16.5 Å². The summed E-state index contributed by atoms with van der Waals surface area (Å²) in [6.07, 6.45) is 8.23. The Balaban J connectivity index is 0.000000198. The smallest absolute Gasteiger partial charge is 0.256 e. The highest BCUT2D eigenvalue weighted by molar-refractivity contribution is 6.02. The molecule has 9 heteroatoms. The number of anilines is 2. The minimum Gasteiger partial charge on any atom is -0.381 e. The van der Waals surface area contributed by atoms with Crippen LogP contribution in [-0.2, 0) is 13.5 Å². The molecule has 0 radical (unpaired) electrons. The lowest BCUT2D eigenvalue weighted by Gasteiger charge is -2.10. The Labute approximate surface area is 226 Å². The molecule has 0 spiro atoms. The number of aromatic nitrogens is 5. The summed E-state index contributed by atoms with van der Waals surface area (Å²) in [5.41, 5.74) is 17.1. The maximum absolute atomic E-state index is 11.0. The molecule has 9 nitrogen and oxygen atoms in total. The van der Waals surface area contributed by atoms with Gasteiger partial charge in [-0.05, 0) is 30.2 Å². The number of nitrogen functional groups attached to an aromatic ring is 1. The molecule has 1 aliphatic rings. The lowest BCUT2D eigenvalue weighted by atomic mass is 10.00. The topological polar surface area (TPSA) is 130 Å². The van der Waals surface area contributed by atoms with Gasteiger partial charge in [0.2, 0.25) is 0 Å². The maximum Gasteiger partial charge on any atom is 0.256 e. The molecule has 2 aromatic carbocycles. The van der Waals surface area contributed by atoms with Crippen LogP contribution < -0.4 is 16.8 Å². The molecule has 0 bridgehead atoms. The maximum atomic E-state index is 11.0. The number of amides is 1. The largest absolute Gasteiger partial charge is 0.381 e. The van der Waals surface area contributed by atoms with Crippen molar-refractivity contribution < 1.29 is 4.79 Å². The third kappa shape index (κ3) is 5.36. The minimum absolute atomic E-state index is 0.154. The second-order valence-electron chi connectivity index (χ2n) is 8.93. The first-order valence-corrected chi connectivity index (χ1v) is 12.5. The number of para-hydroxylation sites is 1. The summed E-state index contributed by atoms with van der Waals surface area (Å²) in [5.74, 6) is 6.60. The predicted octanol–water partition coefficient (Wildman–Crippen LogP) is 4.06. The van der Waals surface area contributed by atoms with E-state index in [-0.39, 0.29) is 11.4 Å². The zero-order valence-electron chi connectivity index (χ0n) is 21.7. The number of aryl methyl sites for hydroxylation is 2. The molecule has 1 amide bonds. The number of benzene rings is 2. The predicted molar refractivity (Wildman–Crippen MR) is 155 cm³/mol. The van der Waals surface area contributed by atoms with E-state index in [0.29, 0.717) is 12.4 Å². The summed E-state index contributed by atoms with van der Waals surface area (Å²) in [6.45, 7) is 2.81. The van der Waals surface area contributed by atoms with Crippen LogP contribution in [0.2, 0.25) is 0 Å². The number of pyridine rings is 1. The average Bonchev–Trinajstić information content (AvgIpc) is 3.53. The van der Waals surface area contributed by atoms with Crippen molar-refractivity contribution in [3.63, 3.8) is 0 Å². The van der Waals surface area contributed by atoms with Gasteiger partial charge in [-0.1, -0.05) is 61.2 Å². The molecule has 0 aliphatic carbocycles. The van der Waals surface area contributed by atoms with Gasteiger partial charge in [-0.2, -0.15) is 5.10 Å². The fourth-order valence-corrected chi connectivity index (χ4v) is 4.36. The molecular formula is C30H28N8O. The van der Waals surface area contributed by atoms with Crippen molar-refractivity contribution >= 4 is 34.6 Å². The van der Waals surface area contributed by atoms with E-state index in [1.54, 1.807) is 17.1 Å². The molecular weight excluding hydrogens is 488 g/mol. The lowest BCUT2D eigenvalue weighted by molar-refractivity contribution is 0.100. The Morgan fingerprint density at radius 2 is 1.95 bits per heavy atom. The van der Waals surface area contributed by atoms with Crippen LogP contribution in [0.1, 0.15) is 34.0 Å². The third-order valence-corrected chi connectivity index (χ3v) is 6.22. The van der Waals surface area contributed by atoms with Crippen LogP contribution in [0.4, 0.5) is 11.6 Å². The normalized spacial score (nSPS) is 11.5. The van der Waals surface area contributed by atoms with Crippen LogP contribution in [0.3, 0.4) is 0 Å². The van der Waals surface area contributed by atoms with Crippen molar-refractivity contribution in [2.45, 2.75) is 13.3 Å². The number of rotatable bonds is 3. The second kappa shape index (κ2) is 10.9. The molecule has 3 aromatic heterocycles. The molecule has 5 N–H and O–H groups in total. The van der Waals surface area contributed by atoms with Crippen LogP contribution >= 0.6 is 0 Å². The van der Waals surface area contributed by atoms with E-state index in [0.717, 1.165) is 39.7 Å². The van der Waals surface area contributed by atoms with Gasteiger partial charge < -0.3 is 16.8 Å². The van der Waals surface area contributed by atoms with Crippen LogP contribution in [0.5, 0.6) is 0 Å². The third-order valence-electron chi connectivity index (χ3n) is 6.22.